The van der Waals surface area contributed by atoms with Gasteiger partial charge in [0.2, 0.25) is 0 Å². The van der Waals surface area contributed by atoms with E-state index in [2.05, 4.69) is 18.4 Å². The molecule has 0 radical (unpaired) electrons. The molecule has 0 saturated heterocycles. The van der Waals surface area contributed by atoms with Gasteiger partial charge in [0.25, 0.3) is 0 Å². The Morgan fingerprint density at radius 2 is 0.978 bits per heavy atom. The van der Waals surface area contributed by atoms with Crippen LogP contribution in [0.15, 0.2) is 0 Å². The summed E-state index contributed by atoms with van der Waals surface area (Å²) in [6.07, 6.45) is 23.3. The van der Waals surface area contributed by atoms with Crippen LogP contribution in [0.25, 0.3) is 0 Å². The number of unbranched alkanes of at least 4 members (excludes halogenated alkanes) is 19. The fourth-order valence-electron chi connectivity index (χ4n) is 4.77. The predicted molar refractivity (Wildman–Crippen MR) is 176 cm³/mol. The van der Waals surface area contributed by atoms with Gasteiger partial charge in [-0.05, 0) is 12.8 Å². The summed E-state index contributed by atoms with van der Waals surface area (Å²) in [5.74, 6) is -2.37. The summed E-state index contributed by atoms with van der Waals surface area (Å²) < 4.78 is 32.4. The highest BCUT2D eigenvalue weighted by Gasteiger charge is 2.28. The van der Waals surface area contributed by atoms with Crippen molar-refractivity contribution < 1.29 is 47.5 Å². The van der Waals surface area contributed by atoms with Crippen LogP contribution in [0.3, 0.4) is 0 Å². The maximum Gasteiger partial charge on any atom is 0.472 e. The monoisotopic (exact) mass is 665 g/mol. The number of carbonyl (C=O) groups excluding carboxylic acids is 2. The van der Waals surface area contributed by atoms with Crippen molar-refractivity contribution in [3.63, 3.8) is 0 Å². The fourth-order valence-corrected chi connectivity index (χ4v) is 5.55. The quantitative estimate of drug-likeness (QED) is 0.0352. The van der Waals surface area contributed by atoms with Gasteiger partial charge >= 0.3 is 25.7 Å². The van der Waals surface area contributed by atoms with Crippen molar-refractivity contribution in [2.45, 2.75) is 174 Å². The summed E-state index contributed by atoms with van der Waals surface area (Å²) in [4.78, 5) is 45.5. The van der Waals surface area contributed by atoms with E-state index in [4.69, 9.17) is 24.8 Å². The molecule has 45 heavy (non-hydrogen) atoms. The van der Waals surface area contributed by atoms with Gasteiger partial charge in [-0.25, -0.2) is 4.57 Å². The second-order valence-corrected chi connectivity index (χ2v) is 13.5. The molecule has 11 nitrogen and oxygen atoms in total. The van der Waals surface area contributed by atoms with Crippen LogP contribution >= 0.6 is 7.82 Å². The van der Waals surface area contributed by atoms with Crippen LogP contribution in [-0.4, -0.2) is 59.9 Å². The first-order chi connectivity index (χ1) is 21.6. The third kappa shape index (κ3) is 29.6. The van der Waals surface area contributed by atoms with E-state index in [-0.39, 0.29) is 19.4 Å². The zero-order valence-corrected chi connectivity index (χ0v) is 29.1. The summed E-state index contributed by atoms with van der Waals surface area (Å²) in [6, 6.07) is -1.51. The molecule has 0 aromatic rings. The van der Waals surface area contributed by atoms with Gasteiger partial charge in [-0.2, -0.15) is 0 Å². The average Bonchev–Trinajstić information content (AvgIpc) is 3.00. The number of phosphoric ester groups is 1. The molecule has 0 rings (SSSR count). The van der Waals surface area contributed by atoms with E-state index >= 15 is 0 Å². The van der Waals surface area contributed by atoms with Crippen LogP contribution in [0.1, 0.15) is 162 Å². The van der Waals surface area contributed by atoms with Crippen molar-refractivity contribution in [3.8, 4) is 0 Å². The summed E-state index contributed by atoms with van der Waals surface area (Å²) in [6.45, 7) is 2.74. The van der Waals surface area contributed by atoms with Crippen LogP contribution in [0.2, 0.25) is 0 Å². The Morgan fingerprint density at radius 1 is 0.600 bits per heavy atom. The van der Waals surface area contributed by atoms with Crippen LogP contribution < -0.4 is 5.73 Å². The number of esters is 2. The maximum absolute atomic E-state index is 12.5. The largest absolute Gasteiger partial charge is 0.480 e. The molecular formula is C33H64NO10P. The molecule has 12 heteroatoms. The second-order valence-electron chi connectivity index (χ2n) is 12.0. The molecule has 0 aromatic heterocycles. The molecule has 3 atom stereocenters. The third-order valence-corrected chi connectivity index (χ3v) is 8.56. The van der Waals surface area contributed by atoms with Gasteiger partial charge in [0.15, 0.2) is 6.10 Å². The normalized spacial score (nSPS) is 14.0. The van der Waals surface area contributed by atoms with Gasteiger partial charge in [0.1, 0.15) is 12.6 Å². The number of hydrogen-bond donors (Lipinski definition) is 3. The standard InChI is InChI=1S/C33H64NO10P/c1-3-5-7-9-11-13-14-15-16-17-19-21-23-25-32(36)44-29(27-42-45(39,40)43-28-30(34)33(37)38)26-41-31(35)24-22-20-18-12-10-8-6-4-2/h29-30H,3-28,34H2,1-2H3,(H,37,38)(H,39,40)/t29-,30+/m0/s1. The van der Waals surface area contributed by atoms with Crippen LogP contribution in [-0.2, 0) is 37.5 Å². The van der Waals surface area contributed by atoms with Crippen molar-refractivity contribution in [2.24, 2.45) is 5.73 Å². The predicted octanol–water partition coefficient (Wildman–Crippen LogP) is 8.00. The molecule has 1 unspecified atom stereocenters. The molecule has 4 N–H and O–H groups in total. The van der Waals surface area contributed by atoms with Crippen LogP contribution in [0.4, 0.5) is 0 Å². The van der Waals surface area contributed by atoms with Crippen LogP contribution in [0.5, 0.6) is 0 Å². The fraction of sp³-hybridized carbons (Fsp3) is 0.909. The van der Waals surface area contributed by atoms with Gasteiger partial charge in [-0.15, -0.1) is 0 Å². The number of aliphatic carboxylic acids is 1. The highest BCUT2D eigenvalue weighted by Crippen LogP contribution is 2.43. The minimum absolute atomic E-state index is 0.168. The smallest absolute Gasteiger partial charge is 0.472 e. The molecule has 0 aromatic carbocycles. The number of rotatable bonds is 33. The highest BCUT2D eigenvalue weighted by molar-refractivity contribution is 7.47. The average molecular weight is 666 g/mol. The molecule has 266 valence electrons. The number of ether oxygens (including phenoxy) is 2. The molecule has 0 amide bonds. The lowest BCUT2D eigenvalue weighted by atomic mass is 10.0. The topological polar surface area (TPSA) is 172 Å². The van der Waals surface area contributed by atoms with Crippen molar-refractivity contribution in [1.29, 1.82) is 0 Å². The van der Waals surface area contributed by atoms with E-state index in [9.17, 15) is 23.8 Å². The molecular weight excluding hydrogens is 601 g/mol. The van der Waals surface area contributed by atoms with Crippen molar-refractivity contribution >= 4 is 25.7 Å². The molecule has 0 aliphatic carbocycles. The van der Waals surface area contributed by atoms with Crippen LogP contribution in [0, 0.1) is 0 Å². The Morgan fingerprint density at radius 3 is 1.40 bits per heavy atom. The van der Waals surface area contributed by atoms with E-state index in [0.29, 0.717) is 12.8 Å². The summed E-state index contributed by atoms with van der Waals surface area (Å²) >= 11 is 0. The first-order valence-corrected chi connectivity index (χ1v) is 19.1. The molecule has 0 bridgehead atoms. The van der Waals surface area contributed by atoms with Gasteiger partial charge in [0.05, 0.1) is 13.2 Å². The van der Waals surface area contributed by atoms with Gasteiger partial charge in [-0.3, -0.25) is 23.4 Å². The summed E-state index contributed by atoms with van der Waals surface area (Å²) in [5.41, 5.74) is 5.30. The highest BCUT2D eigenvalue weighted by atomic mass is 31.2. The minimum atomic E-state index is -4.69. The minimum Gasteiger partial charge on any atom is -0.480 e. The molecule has 0 spiro atoms. The van der Waals surface area contributed by atoms with E-state index in [1.807, 2.05) is 0 Å². The SMILES string of the molecule is CCCCCCCCCCCCCCCC(=O)O[C@@H](COC(=O)CCCCCCCCCC)COP(=O)(O)OC[C@@H](N)C(=O)O. The third-order valence-electron chi connectivity index (χ3n) is 7.61. The van der Waals surface area contributed by atoms with E-state index in [1.165, 1.54) is 83.5 Å². The lowest BCUT2D eigenvalue weighted by Crippen LogP contribution is -2.34. The van der Waals surface area contributed by atoms with E-state index in [0.717, 1.165) is 38.5 Å². The van der Waals surface area contributed by atoms with E-state index < -0.39 is 51.1 Å². The Bertz CT molecular complexity index is 797. The number of hydrogen-bond acceptors (Lipinski definition) is 9. The Labute approximate surface area is 272 Å². The Hall–Kier alpha value is -1.52. The Balaban J connectivity index is 4.45. The lowest BCUT2D eigenvalue weighted by Gasteiger charge is -2.20. The molecule has 0 aliphatic rings. The first-order valence-electron chi connectivity index (χ1n) is 17.6. The molecule has 0 saturated carbocycles. The first kappa shape index (κ1) is 43.5. The van der Waals surface area contributed by atoms with Crippen molar-refractivity contribution in [2.75, 3.05) is 19.8 Å². The maximum atomic E-state index is 12.5. The van der Waals surface area contributed by atoms with Crippen molar-refractivity contribution in [1.82, 2.24) is 0 Å². The number of phosphoric acid groups is 1. The zero-order valence-electron chi connectivity index (χ0n) is 28.2. The summed E-state index contributed by atoms with van der Waals surface area (Å²) in [5, 5.41) is 8.82. The molecule has 0 aliphatic heterocycles. The lowest BCUT2D eigenvalue weighted by molar-refractivity contribution is -0.161. The number of carboxylic acids is 1. The molecule has 0 heterocycles. The van der Waals surface area contributed by atoms with E-state index in [1.54, 1.807) is 0 Å². The second kappa shape index (κ2) is 29.9. The number of carboxylic acid groups (broad SMARTS) is 1. The number of carbonyl (C=O) groups is 3. The Kier molecular flexibility index (Phi) is 28.8. The van der Waals surface area contributed by atoms with Crippen molar-refractivity contribution in [3.05, 3.63) is 0 Å². The van der Waals surface area contributed by atoms with Gasteiger partial charge < -0.3 is 25.2 Å². The van der Waals surface area contributed by atoms with Gasteiger partial charge in [-0.1, -0.05) is 136 Å². The van der Waals surface area contributed by atoms with Gasteiger partial charge in [0, 0.05) is 12.8 Å². The number of nitrogens with two attached hydrogens (primary N) is 1. The summed E-state index contributed by atoms with van der Waals surface area (Å²) in [7, 11) is -4.69. The zero-order chi connectivity index (χ0) is 33.6. The molecule has 0 fully saturated rings.